The minimum Gasteiger partial charge on any atom is -0.386 e. The summed E-state index contributed by atoms with van der Waals surface area (Å²) in [6.45, 7) is 10.7. The van der Waals surface area contributed by atoms with Crippen LogP contribution in [0.5, 0.6) is 0 Å². The highest BCUT2D eigenvalue weighted by atomic mass is 16.3. The molecule has 2 nitrogen and oxygen atoms in total. The minimum absolute atomic E-state index is 0.257. The van der Waals surface area contributed by atoms with Gasteiger partial charge in [-0.05, 0) is 99.2 Å². The van der Waals surface area contributed by atoms with E-state index in [0.29, 0.717) is 23.0 Å². The fourth-order valence-corrected chi connectivity index (χ4v) is 8.13. The van der Waals surface area contributed by atoms with Crippen LogP contribution in [0.25, 0.3) is 0 Å². The lowest BCUT2D eigenvalue weighted by Crippen LogP contribution is -2.55. The summed E-state index contributed by atoms with van der Waals surface area (Å²) in [7, 11) is 0. The molecule has 4 fully saturated rings. The van der Waals surface area contributed by atoms with Crippen molar-refractivity contribution in [2.45, 2.75) is 84.2 Å². The van der Waals surface area contributed by atoms with Gasteiger partial charge in [0, 0.05) is 5.92 Å². The van der Waals surface area contributed by atoms with E-state index in [4.69, 9.17) is 0 Å². The molecule has 0 aromatic heterocycles. The number of hydrogen-bond donors (Lipinski definition) is 1. The lowest BCUT2D eigenvalue weighted by atomic mass is 9.44. The Morgan fingerprint density at radius 2 is 1.72 bits per heavy atom. The molecular weight excluding hydrogens is 308 g/mol. The molecule has 140 valence electrons. The van der Waals surface area contributed by atoms with Gasteiger partial charge in [-0.25, -0.2) is 0 Å². The lowest BCUT2D eigenvalue weighted by Gasteiger charge is -2.61. The highest BCUT2D eigenvalue weighted by Crippen LogP contribution is 2.68. The molecule has 4 rings (SSSR count). The Bertz CT molecular complexity index is 583. The number of hydrogen-bond acceptors (Lipinski definition) is 2. The van der Waals surface area contributed by atoms with Gasteiger partial charge in [-0.2, -0.15) is 0 Å². The molecule has 0 aromatic carbocycles. The SMILES string of the molecule is C=C[C@@]1(O)CC[C@]2(C)C3CC[C@@]4(C)C(CC[C@@H]4C(C)=O)C3CC[C@@H]2C1. The van der Waals surface area contributed by atoms with Crippen molar-refractivity contribution in [3.8, 4) is 0 Å². The van der Waals surface area contributed by atoms with Gasteiger partial charge in [0.05, 0.1) is 5.60 Å². The molecule has 25 heavy (non-hydrogen) atoms. The Hall–Kier alpha value is -0.630. The maximum absolute atomic E-state index is 12.2. The number of ketones is 1. The van der Waals surface area contributed by atoms with Crippen molar-refractivity contribution in [3.05, 3.63) is 12.7 Å². The van der Waals surface area contributed by atoms with Gasteiger partial charge in [0.25, 0.3) is 0 Å². The van der Waals surface area contributed by atoms with Crippen LogP contribution in [0.15, 0.2) is 12.7 Å². The summed E-state index contributed by atoms with van der Waals surface area (Å²) in [5.41, 5.74) is 0.00773. The van der Waals surface area contributed by atoms with E-state index in [9.17, 15) is 9.90 Å². The Morgan fingerprint density at radius 1 is 1.00 bits per heavy atom. The van der Waals surface area contributed by atoms with Gasteiger partial charge in [-0.1, -0.05) is 19.9 Å². The summed E-state index contributed by atoms with van der Waals surface area (Å²) in [4.78, 5) is 12.2. The summed E-state index contributed by atoms with van der Waals surface area (Å²) in [6.07, 6.45) is 12.2. The molecular formula is C23H36O2. The summed E-state index contributed by atoms with van der Waals surface area (Å²) < 4.78 is 0. The molecule has 4 aliphatic rings. The average molecular weight is 345 g/mol. The van der Waals surface area contributed by atoms with Gasteiger partial charge in [-0.3, -0.25) is 4.79 Å². The van der Waals surface area contributed by atoms with E-state index in [0.717, 1.165) is 43.4 Å². The summed E-state index contributed by atoms with van der Waals surface area (Å²) in [6, 6.07) is 0. The first kappa shape index (κ1) is 17.8. The van der Waals surface area contributed by atoms with Gasteiger partial charge in [0.15, 0.2) is 0 Å². The van der Waals surface area contributed by atoms with Crippen LogP contribution >= 0.6 is 0 Å². The maximum atomic E-state index is 12.2. The molecule has 1 N–H and O–H groups in total. The second-order valence-corrected chi connectivity index (χ2v) is 10.5. The zero-order chi connectivity index (χ0) is 18.0. The van der Waals surface area contributed by atoms with E-state index >= 15 is 0 Å². The zero-order valence-corrected chi connectivity index (χ0v) is 16.4. The van der Waals surface area contributed by atoms with Crippen molar-refractivity contribution < 1.29 is 9.90 Å². The van der Waals surface area contributed by atoms with Crippen LogP contribution < -0.4 is 0 Å². The molecule has 0 aliphatic heterocycles. The molecule has 0 aromatic rings. The van der Waals surface area contributed by atoms with E-state index in [2.05, 4.69) is 20.4 Å². The summed E-state index contributed by atoms with van der Waals surface area (Å²) in [5.74, 6) is 3.72. The Morgan fingerprint density at radius 3 is 2.40 bits per heavy atom. The smallest absolute Gasteiger partial charge is 0.133 e. The first-order valence-corrected chi connectivity index (χ1v) is 10.6. The molecule has 0 bridgehead atoms. The molecule has 4 aliphatic carbocycles. The third kappa shape index (κ3) is 2.42. The molecule has 0 spiro atoms. The molecule has 2 heteroatoms. The fourth-order valence-electron chi connectivity index (χ4n) is 8.13. The highest BCUT2D eigenvalue weighted by molar-refractivity contribution is 5.79. The van der Waals surface area contributed by atoms with Crippen LogP contribution in [0.4, 0.5) is 0 Å². The number of carbonyl (C=O) groups excluding carboxylic acids is 1. The van der Waals surface area contributed by atoms with Gasteiger partial charge in [0.1, 0.15) is 5.78 Å². The molecule has 0 amide bonds. The Labute approximate surface area is 153 Å². The van der Waals surface area contributed by atoms with Crippen molar-refractivity contribution in [2.75, 3.05) is 0 Å². The van der Waals surface area contributed by atoms with Crippen molar-refractivity contribution in [2.24, 2.45) is 40.4 Å². The van der Waals surface area contributed by atoms with Gasteiger partial charge >= 0.3 is 0 Å². The second kappa shape index (κ2) is 5.68. The number of rotatable bonds is 2. The molecule has 0 saturated heterocycles. The maximum Gasteiger partial charge on any atom is 0.133 e. The predicted octanol–water partition coefficient (Wildman–Crippen LogP) is 5.15. The molecule has 4 saturated carbocycles. The quantitative estimate of drug-likeness (QED) is 0.703. The van der Waals surface area contributed by atoms with Crippen molar-refractivity contribution in [3.63, 3.8) is 0 Å². The van der Waals surface area contributed by atoms with Crippen molar-refractivity contribution >= 4 is 5.78 Å². The first-order chi connectivity index (χ1) is 11.7. The first-order valence-electron chi connectivity index (χ1n) is 10.6. The monoisotopic (exact) mass is 344 g/mol. The molecule has 3 unspecified atom stereocenters. The summed E-state index contributed by atoms with van der Waals surface area (Å²) in [5, 5.41) is 10.8. The molecule has 0 radical (unpaired) electrons. The number of fused-ring (bicyclic) bond motifs is 5. The van der Waals surface area contributed by atoms with Gasteiger partial charge in [0.2, 0.25) is 0 Å². The van der Waals surface area contributed by atoms with E-state index in [1.807, 2.05) is 6.92 Å². The van der Waals surface area contributed by atoms with Crippen LogP contribution in [0.2, 0.25) is 0 Å². The van der Waals surface area contributed by atoms with Gasteiger partial charge < -0.3 is 5.11 Å². The Balaban J connectivity index is 1.60. The van der Waals surface area contributed by atoms with Crippen LogP contribution in [-0.4, -0.2) is 16.5 Å². The van der Waals surface area contributed by atoms with Crippen molar-refractivity contribution in [1.82, 2.24) is 0 Å². The third-order valence-electron chi connectivity index (χ3n) is 9.63. The van der Waals surface area contributed by atoms with E-state index in [-0.39, 0.29) is 5.41 Å². The topological polar surface area (TPSA) is 37.3 Å². The van der Waals surface area contributed by atoms with Gasteiger partial charge in [-0.15, -0.1) is 6.58 Å². The van der Waals surface area contributed by atoms with E-state index in [1.54, 1.807) is 6.08 Å². The van der Waals surface area contributed by atoms with Crippen LogP contribution in [0, 0.1) is 40.4 Å². The number of Topliss-reactive ketones (excluding diaryl/α,β-unsaturated/α-hetero) is 1. The standard InChI is InChI=1S/C23H36O2/c1-5-23(25)13-12-21(3)16(14-23)6-7-17-19-9-8-18(15(2)24)22(19,4)11-10-20(17)21/h5,16-20,25H,1,6-14H2,2-4H3/t16-,17?,18-,19?,20?,21+,22-,23-/m1/s1. The predicted molar refractivity (Wildman–Crippen MR) is 101 cm³/mol. The molecule has 0 heterocycles. The van der Waals surface area contributed by atoms with Crippen LogP contribution in [0.3, 0.4) is 0 Å². The average Bonchev–Trinajstić information content (AvgIpc) is 2.93. The van der Waals surface area contributed by atoms with E-state index in [1.165, 1.54) is 32.1 Å². The normalized spacial score (nSPS) is 55.0. The zero-order valence-electron chi connectivity index (χ0n) is 16.4. The minimum atomic E-state index is -0.632. The molecule has 8 atom stereocenters. The lowest BCUT2D eigenvalue weighted by molar-refractivity contribution is -0.145. The fraction of sp³-hybridized carbons (Fsp3) is 0.870. The number of carbonyl (C=O) groups is 1. The second-order valence-electron chi connectivity index (χ2n) is 10.5. The van der Waals surface area contributed by atoms with Crippen LogP contribution in [0.1, 0.15) is 78.6 Å². The highest BCUT2D eigenvalue weighted by Gasteiger charge is 2.61. The number of aliphatic hydroxyl groups is 1. The van der Waals surface area contributed by atoms with E-state index < -0.39 is 5.60 Å². The van der Waals surface area contributed by atoms with Crippen molar-refractivity contribution in [1.29, 1.82) is 0 Å². The Kier molecular flexibility index (Phi) is 4.04. The summed E-state index contributed by atoms with van der Waals surface area (Å²) >= 11 is 0. The largest absolute Gasteiger partial charge is 0.386 e. The van der Waals surface area contributed by atoms with Crippen LogP contribution in [-0.2, 0) is 4.79 Å². The third-order valence-corrected chi connectivity index (χ3v) is 9.63.